The molecule has 0 aliphatic carbocycles. The lowest BCUT2D eigenvalue weighted by atomic mass is 10.1. The molecule has 0 unspecified atom stereocenters. The molecule has 0 spiro atoms. The maximum Gasteiger partial charge on any atom is 0.202 e. The molecule has 0 radical (unpaired) electrons. The van der Waals surface area contributed by atoms with E-state index in [4.69, 9.17) is 0 Å². The van der Waals surface area contributed by atoms with Crippen molar-refractivity contribution in [3.63, 3.8) is 0 Å². The van der Waals surface area contributed by atoms with E-state index >= 15 is 0 Å². The largest absolute Gasteiger partial charge is 0.297 e. The first-order chi connectivity index (χ1) is 7.31. The van der Waals surface area contributed by atoms with Crippen LogP contribution in [0.3, 0.4) is 0 Å². The molecule has 0 saturated carbocycles. The summed E-state index contributed by atoms with van der Waals surface area (Å²) < 4.78 is 0. The fourth-order valence-electron chi connectivity index (χ4n) is 1.27. The van der Waals surface area contributed by atoms with Gasteiger partial charge in [0, 0.05) is 5.56 Å². The van der Waals surface area contributed by atoms with Crippen LogP contribution in [0.15, 0.2) is 42.5 Å². The number of carbonyl (C=O) groups is 2. The summed E-state index contributed by atoms with van der Waals surface area (Å²) in [4.78, 5) is 23.5. The summed E-state index contributed by atoms with van der Waals surface area (Å²) in [6, 6.07) is 12.4. The molecule has 0 aliphatic heterocycles. The van der Waals surface area contributed by atoms with Crippen LogP contribution in [0.5, 0.6) is 0 Å². The van der Waals surface area contributed by atoms with Gasteiger partial charge in [-0.05, 0) is 12.1 Å². The van der Waals surface area contributed by atoms with Crippen LogP contribution in [0.25, 0.3) is 0 Å². The van der Waals surface area contributed by atoms with Gasteiger partial charge in [-0.15, -0.1) is 11.3 Å². The molecule has 2 aromatic rings. The number of carbonyl (C=O) groups excluding carboxylic acids is 2. The lowest BCUT2D eigenvalue weighted by Gasteiger charge is -1.95. The molecule has 15 heavy (non-hydrogen) atoms. The molecule has 74 valence electrons. The van der Waals surface area contributed by atoms with E-state index in [0.717, 1.165) is 6.29 Å². The Bertz CT molecular complexity index is 485. The number of rotatable bonds is 3. The molecule has 3 heteroatoms. The summed E-state index contributed by atoms with van der Waals surface area (Å²) in [5, 5.41) is 0. The van der Waals surface area contributed by atoms with Crippen molar-refractivity contribution < 1.29 is 9.59 Å². The molecule has 1 aromatic carbocycles. The van der Waals surface area contributed by atoms with Crippen LogP contribution in [-0.4, -0.2) is 12.1 Å². The highest BCUT2D eigenvalue weighted by Gasteiger charge is 2.10. The fourth-order valence-corrected chi connectivity index (χ4v) is 2.05. The van der Waals surface area contributed by atoms with E-state index in [1.165, 1.54) is 11.3 Å². The summed E-state index contributed by atoms with van der Waals surface area (Å²) >= 11 is 1.22. The number of benzene rings is 1. The molecule has 0 bridgehead atoms. The van der Waals surface area contributed by atoms with Crippen LogP contribution in [0.2, 0.25) is 0 Å². The first kappa shape index (κ1) is 9.80. The molecule has 0 saturated heterocycles. The Hall–Kier alpha value is -1.74. The van der Waals surface area contributed by atoms with E-state index in [1.807, 2.05) is 18.2 Å². The third-order valence-electron chi connectivity index (χ3n) is 2.00. The van der Waals surface area contributed by atoms with Crippen LogP contribution >= 0.6 is 11.3 Å². The van der Waals surface area contributed by atoms with E-state index < -0.39 is 0 Å². The van der Waals surface area contributed by atoms with Crippen molar-refractivity contribution in [2.75, 3.05) is 0 Å². The van der Waals surface area contributed by atoms with Gasteiger partial charge >= 0.3 is 0 Å². The molecular weight excluding hydrogens is 208 g/mol. The van der Waals surface area contributed by atoms with Gasteiger partial charge in [-0.1, -0.05) is 30.3 Å². The Kier molecular flexibility index (Phi) is 2.74. The molecule has 0 atom stereocenters. The van der Waals surface area contributed by atoms with Crippen molar-refractivity contribution >= 4 is 23.4 Å². The summed E-state index contributed by atoms with van der Waals surface area (Å²) in [5.74, 6) is -0.0336. The Morgan fingerprint density at radius 3 is 2.40 bits per heavy atom. The Labute approximate surface area is 91.2 Å². The third kappa shape index (κ3) is 2.02. The zero-order valence-electron chi connectivity index (χ0n) is 7.84. The zero-order chi connectivity index (χ0) is 10.7. The van der Waals surface area contributed by atoms with E-state index in [9.17, 15) is 9.59 Å². The number of aldehydes is 1. The Balaban J connectivity index is 2.32. The first-order valence-corrected chi connectivity index (χ1v) is 5.27. The monoisotopic (exact) mass is 216 g/mol. The van der Waals surface area contributed by atoms with Gasteiger partial charge in [-0.25, -0.2) is 0 Å². The minimum absolute atomic E-state index is 0.0336. The van der Waals surface area contributed by atoms with Gasteiger partial charge in [0.05, 0.1) is 9.75 Å². The topological polar surface area (TPSA) is 34.1 Å². The van der Waals surface area contributed by atoms with E-state index in [-0.39, 0.29) is 5.78 Å². The van der Waals surface area contributed by atoms with Crippen molar-refractivity contribution in [3.05, 3.63) is 57.8 Å². The second-order valence-electron chi connectivity index (χ2n) is 3.02. The molecule has 1 heterocycles. The van der Waals surface area contributed by atoms with Crippen LogP contribution in [0.1, 0.15) is 24.9 Å². The average Bonchev–Trinajstić information content (AvgIpc) is 2.78. The molecule has 1 aromatic heterocycles. The molecule has 0 fully saturated rings. The number of ketones is 1. The molecule has 2 nitrogen and oxygen atoms in total. The van der Waals surface area contributed by atoms with Gasteiger partial charge in [0.1, 0.15) is 0 Å². The second-order valence-corrected chi connectivity index (χ2v) is 4.13. The lowest BCUT2D eigenvalue weighted by molar-refractivity contribution is 0.104. The molecule has 2 rings (SSSR count). The predicted octanol–water partition coefficient (Wildman–Crippen LogP) is 2.79. The second kappa shape index (κ2) is 4.19. The summed E-state index contributed by atoms with van der Waals surface area (Å²) in [6.07, 6.45) is 0.756. The van der Waals surface area contributed by atoms with Gasteiger partial charge in [-0.3, -0.25) is 9.59 Å². The van der Waals surface area contributed by atoms with Crippen molar-refractivity contribution in [1.29, 1.82) is 0 Å². The summed E-state index contributed by atoms with van der Waals surface area (Å²) in [7, 11) is 0. The van der Waals surface area contributed by atoms with Crippen LogP contribution in [0.4, 0.5) is 0 Å². The summed E-state index contributed by atoms with van der Waals surface area (Å²) in [6.45, 7) is 0. The zero-order valence-corrected chi connectivity index (χ0v) is 8.66. The minimum atomic E-state index is -0.0336. The number of thiophene rings is 1. The van der Waals surface area contributed by atoms with Crippen molar-refractivity contribution in [2.45, 2.75) is 0 Å². The smallest absolute Gasteiger partial charge is 0.202 e. The standard InChI is InChI=1S/C12H8O2S/c13-8-10-6-7-11(15-10)12(14)9-4-2-1-3-5-9/h1-8H. The van der Waals surface area contributed by atoms with Crippen LogP contribution in [0, 0.1) is 0 Å². The van der Waals surface area contributed by atoms with Crippen molar-refractivity contribution in [2.24, 2.45) is 0 Å². The predicted molar refractivity (Wildman–Crippen MR) is 59.6 cm³/mol. The Morgan fingerprint density at radius 2 is 1.80 bits per heavy atom. The average molecular weight is 216 g/mol. The Morgan fingerprint density at radius 1 is 1.07 bits per heavy atom. The summed E-state index contributed by atoms with van der Waals surface area (Å²) in [5.41, 5.74) is 0.650. The van der Waals surface area contributed by atoms with Crippen molar-refractivity contribution in [1.82, 2.24) is 0 Å². The highest BCUT2D eigenvalue weighted by molar-refractivity contribution is 7.15. The first-order valence-electron chi connectivity index (χ1n) is 4.46. The molecule has 0 amide bonds. The van der Waals surface area contributed by atoms with Gasteiger partial charge < -0.3 is 0 Å². The van der Waals surface area contributed by atoms with Crippen LogP contribution in [-0.2, 0) is 0 Å². The lowest BCUT2D eigenvalue weighted by Crippen LogP contribution is -1.97. The molecular formula is C12H8O2S. The van der Waals surface area contributed by atoms with Crippen molar-refractivity contribution in [3.8, 4) is 0 Å². The molecule has 0 aliphatic rings. The maximum absolute atomic E-state index is 11.9. The normalized spacial score (nSPS) is 9.87. The van der Waals surface area contributed by atoms with Gasteiger partial charge in [0.2, 0.25) is 5.78 Å². The number of hydrogen-bond donors (Lipinski definition) is 0. The maximum atomic E-state index is 11.9. The van der Waals surface area contributed by atoms with E-state index in [2.05, 4.69) is 0 Å². The number of hydrogen-bond acceptors (Lipinski definition) is 3. The minimum Gasteiger partial charge on any atom is -0.297 e. The quantitative estimate of drug-likeness (QED) is 0.584. The van der Waals surface area contributed by atoms with Gasteiger partial charge in [0.15, 0.2) is 6.29 Å². The fraction of sp³-hybridized carbons (Fsp3) is 0. The highest BCUT2D eigenvalue weighted by atomic mass is 32.1. The van der Waals surface area contributed by atoms with Gasteiger partial charge in [-0.2, -0.15) is 0 Å². The molecule has 0 N–H and O–H groups in total. The van der Waals surface area contributed by atoms with Crippen LogP contribution < -0.4 is 0 Å². The SMILES string of the molecule is O=Cc1ccc(C(=O)c2ccccc2)s1. The van der Waals surface area contributed by atoms with Gasteiger partial charge in [0.25, 0.3) is 0 Å². The highest BCUT2D eigenvalue weighted by Crippen LogP contribution is 2.18. The third-order valence-corrected chi connectivity index (χ3v) is 3.01. The van der Waals surface area contributed by atoms with E-state index in [0.29, 0.717) is 15.3 Å². The van der Waals surface area contributed by atoms with E-state index in [1.54, 1.807) is 24.3 Å².